The number of carbonyl (C=O) groups is 2. The third-order valence-electron chi connectivity index (χ3n) is 3.47. The lowest BCUT2D eigenvalue weighted by atomic mass is 9.84. The van der Waals surface area contributed by atoms with Gasteiger partial charge in [-0.25, -0.2) is 0 Å². The molecule has 92 valence electrons. The van der Waals surface area contributed by atoms with Crippen LogP contribution in [-0.4, -0.2) is 23.0 Å². The molecule has 1 fully saturated rings. The van der Waals surface area contributed by atoms with Gasteiger partial charge in [-0.1, -0.05) is 26.2 Å². The summed E-state index contributed by atoms with van der Waals surface area (Å²) >= 11 is 0. The average molecular weight is 227 g/mol. The largest absolute Gasteiger partial charge is 0.481 e. The van der Waals surface area contributed by atoms with E-state index in [0.717, 1.165) is 25.7 Å². The fourth-order valence-corrected chi connectivity index (χ4v) is 2.23. The number of carbonyl (C=O) groups excluding carboxylic acids is 1. The second kappa shape index (κ2) is 5.87. The van der Waals surface area contributed by atoms with Crippen molar-refractivity contribution >= 4 is 11.9 Å². The molecular formula is C12H21NO3. The van der Waals surface area contributed by atoms with Crippen LogP contribution in [0, 0.1) is 11.8 Å². The van der Waals surface area contributed by atoms with Crippen molar-refractivity contribution in [2.24, 2.45) is 11.8 Å². The maximum Gasteiger partial charge on any atom is 0.315 e. The Bertz CT molecular complexity index is 265. The summed E-state index contributed by atoms with van der Waals surface area (Å²) in [5.74, 6) is -1.67. The predicted octanol–water partition coefficient (Wildman–Crippen LogP) is 1.79. The van der Waals surface area contributed by atoms with Gasteiger partial charge in [0.05, 0.1) is 0 Å². The van der Waals surface area contributed by atoms with Gasteiger partial charge in [0.2, 0.25) is 5.91 Å². The fourth-order valence-electron chi connectivity index (χ4n) is 2.23. The van der Waals surface area contributed by atoms with Gasteiger partial charge in [-0.3, -0.25) is 9.59 Å². The minimum Gasteiger partial charge on any atom is -0.481 e. The molecule has 0 aromatic rings. The highest BCUT2D eigenvalue weighted by atomic mass is 16.4. The first-order valence-corrected chi connectivity index (χ1v) is 6.07. The summed E-state index contributed by atoms with van der Waals surface area (Å²) in [7, 11) is 0. The first-order chi connectivity index (χ1) is 7.54. The standard InChI is InChI=1S/C12H21NO3/c1-3-9-5-4-6-10(7-9)13-11(14)8(2)12(15)16/h8-10H,3-7H2,1-2H3,(H,13,14)(H,15,16). The van der Waals surface area contributed by atoms with Crippen LogP contribution >= 0.6 is 0 Å². The molecule has 0 saturated heterocycles. The lowest BCUT2D eigenvalue weighted by molar-refractivity contribution is -0.146. The number of hydrogen-bond donors (Lipinski definition) is 2. The molecule has 3 atom stereocenters. The molecule has 3 unspecified atom stereocenters. The molecule has 0 radical (unpaired) electrons. The van der Waals surface area contributed by atoms with Gasteiger partial charge >= 0.3 is 5.97 Å². The Hall–Kier alpha value is -1.06. The van der Waals surface area contributed by atoms with Crippen LogP contribution in [0.5, 0.6) is 0 Å². The van der Waals surface area contributed by atoms with E-state index in [2.05, 4.69) is 12.2 Å². The van der Waals surface area contributed by atoms with Crippen molar-refractivity contribution in [2.45, 2.75) is 52.0 Å². The van der Waals surface area contributed by atoms with Crippen molar-refractivity contribution < 1.29 is 14.7 Å². The Kier molecular flexibility index (Phi) is 4.77. The van der Waals surface area contributed by atoms with Crippen LogP contribution in [0.2, 0.25) is 0 Å². The first-order valence-electron chi connectivity index (χ1n) is 6.07. The van der Waals surface area contributed by atoms with Crippen LogP contribution in [0.25, 0.3) is 0 Å². The lowest BCUT2D eigenvalue weighted by Crippen LogP contribution is -2.42. The summed E-state index contributed by atoms with van der Waals surface area (Å²) in [4.78, 5) is 22.2. The third kappa shape index (κ3) is 3.51. The zero-order valence-electron chi connectivity index (χ0n) is 10.0. The van der Waals surface area contributed by atoms with Crippen LogP contribution in [0.1, 0.15) is 46.0 Å². The normalized spacial score (nSPS) is 27.1. The van der Waals surface area contributed by atoms with Crippen molar-refractivity contribution in [2.75, 3.05) is 0 Å². The van der Waals surface area contributed by atoms with Crippen molar-refractivity contribution in [3.05, 3.63) is 0 Å². The Morgan fingerprint density at radius 1 is 1.44 bits per heavy atom. The summed E-state index contributed by atoms with van der Waals surface area (Å²) in [5.41, 5.74) is 0. The molecule has 16 heavy (non-hydrogen) atoms. The molecule has 0 aliphatic heterocycles. The molecule has 1 rings (SSSR count). The molecule has 1 amide bonds. The topological polar surface area (TPSA) is 66.4 Å². The number of carboxylic acid groups (broad SMARTS) is 1. The Balaban J connectivity index is 2.41. The van der Waals surface area contributed by atoms with E-state index in [1.54, 1.807) is 0 Å². The second-order valence-corrected chi connectivity index (χ2v) is 4.71. The van der Waals surface area contributed by atoms with E-state index in [1.165, 1.54) is 13.3 Å². The third-order valence-corrected chi connectivity index (χ3v) is 3.47. The molecule has 0 aromatic carbocycles. The maximum atomic E-state index is 11.6. The molecule has 0 bridgehead atoms. The minimum absolute atomic E-state index is 0.174. The zero-order chi connectivity index (χ0) is 12.1. The summed E-state index contributed by atoms with van der Waals surface area (Å²) in [5, 5.41) is 11.6. The van der Waals surface area contributed by atoms with E-state index in [9.17, 15) is 9.59 Å². The molecule has 4 heteroatoms. The predicted molar refractivity (Wildman–Crippen MR) is 61.0 cm³/mol. The molecule has 1 aliphatic carbocycles. The highest BCUT2D eigenvalue weighted by Crippen LogP contribution is 2.26. The Morgan fingerprint density at radius 2 is 2.12 bits per heavy atom. The maximum absolute atomic E-state index is 11.6. The molecule has 0 aromatic heterocycles. The molecule has 4 nitrogen and oxygen atoms in total. The van der Waals surface area contributed by atoms with E-state index < -0.39 is 11.9 Å². The van der Waals surface area contributed by atoms with Crippen molar-refractivity contribution in [3.8, 4) is 0 Å². The number of aliphatic carboxylic acids is 1. The van der Waals surface area contributed by atoms with Crippen molar-refractivity contribution in [1.82, 2.24) is 5.32 Å². The molecule has 1 saturated carbocycles. The lowest BCUT2D eigenvalue weighted by Gasteiger charge is -2.29. The quantitative estimate of drug-likeness (QED) is 0.719. The van der Waals surface area contributed by atoms with Gasteiger partial charge in [0.1, 0.15) is 5.92 Å². The van der Waals surface area contributed by atoms with Crippen LogP contribution < -0.4 is 5.32 Å². The number of nitrogens with one attached hydrogen (secondary N) is 1. The minimum atomic E-state index is -1.06. The number of carboxylic acids is 1. The number of amides is 1. The van der Waals surface area contributed by atoms with Gasteiger partial charge in [-0.2, -0.15) is 0 Å². The monoisotopic (exact) mass is 227 g/mol. The Morgan fingerprint density at radius 3 is 2.69 bits per heavy atom. The summed E-state index contributed by atoms with van der Waals surface area (Å²) in [6, 6.07) is 0.174. The SMILES string of the molecule is CCC1CCCC(NC(=O)C(C)C(=O)O)C1. The van der Waals surface area contributed by atoms with E-state index >= 15 is 0 Å². The van der Waals surface area contributed by atoms with Gasteiger partial charge in [-0.05, 0) is 25.7 Å². The van der Waals surface area contributed by atoms with E-state index in [1.807, 2.05) is 0 Å². The smallest absolute Gasteiger partial charge is 0.315 e. The van der Waals surface area contributed by atoms with E-state index in [-0.39, 0.29) is 11.9 Å². The van der Waals surface area contributed by atoms with Gasteiger partial charge in [0.15, 0.2) is 0 Å². The van der Waals surface area contributed by atoms with Crippen LogP contribution in [0.15, 0.2) is 0 Å². The van der Waals surface area contributed by atoms with Crippen molar-refractivity contribution in [1.29, 1.82) is 0 Å². The molecule has 2 N–H and O–H groups in total. The van der Waals surface area contributed by atoms with Crippen molar-refractivity contribution in [3.63, 3.8) is 0 Å². The van der Waals surface area contributed by atoms with E-state index in [0.29, 0.717) is 5.92 Å². The highest BCUT2D eigenvalue weighted by Gasteiger charge is 2.26. The van der Waals surface area contributed by atoms with Crippen LogP contribution in [0.4, 0.5) is 0 Å². The number of hydrogen-bond acceptors (Lipinski definition) is 2. The van der Waals surface area contributed by atoms with Gasteiger partial charge < -0.3 is 10.4 Å². The van der Waals surface area contributed by atoms with Gasteiger partial charge in [0, 0.05) is 6.04 Å². The Labute approximate surface area is 96.4 Å². The zero-order valence-corrected chi connectivity index (χ0v) is 10.0. The summed E-state index contributed by atoms with van der Waals surface area (Å²) in [6.45, 7) is 3.59. The second-order valence-electron chi connectivity index (χ2n) is 4.71. The fraction of sp³-hybridized carbons (Fsp3) is 0.833. The average Bonchev–Trinajstić information content (AvgIpc) is 2.28. The number of rotatable bonds is 4. The molecule has 0 heterocycles. The molecular weight excluding hydrogens is 206 g/mol. The van der Waals surface area contributed by atoms with Crippen LogP contribution in [-0.2, 0) is 9.59 Å². The van der Waals surface area contributed by atoms with Gasteiger partial charge in [-0.15, -0.1) is 0 Å². The molecule has 1 aliphatic rings. The summed E-state index contributed by atoms with van der Waals surface area (Å²) in [6.07, 6.45) is 5.48. The highest BCUT2D eigenvalue weighted by molar-refractivity contribution is 5.96. The molecule has 0 spiro atoms. The van der Waals surface area contributed by atoms with E-state index in [4.69, 9.17) is 5.11 Å². The van der Waals surface area contributed by atoms with Crippen LogP contribution in [0.3, 0.4) is 0 Å². The van der Waals surface area contributed by atoms with Gasteiger partial charge in [0.25, 0.3) is 0 Å². The first kappa shape index (κ1) is 13.0. The summed E-state index contributed by atoms with van der Waals surface area (Å²) < 4.78 is 0.